The fraction of sp³-hybridized carbons (Fsp3) is 0.111. The van der Waals surface area contributed by atoms with E-state index in [1.165, 1.54) is 0 Å². The Kier molecular flexibility index (Phi) is 5.15. The minimum Gasteiger partial charge on any atom is -0.323 e. The predicted octanol–water partition coefficient (Wildman–Crippen LogP) is 4.61. The fourth-order valence-corrected chi connectivity index (χ4v) is 4.87. The van der Waals surface area contributed by atoms with Gasteiger partial charge in [-0.05, 0) is 40.2 Å². The van der Waals surface area contributed by atoms with E-state index in [-0.39, 0.29) is 12.3 Å². The lowest BCUT2D eigenvalue weighted by Gasteiger charge is -2.04. The Morgan fingerprint density at radius 3 is 2.81 bits per heavy atom. The smallest absolute Gasteiger partial charge is 0.230 e. The Morgan fingerprint density at radius 1 is 1.26 bits per heavy atom. The summed E-state index contributed by atoms with van der Waals surface area (Å²) in [7, 11) is 1.83. The van der Waals surface area contributed by atoms with Crippen LogP contribution < -0.4 is 5.32 Å². The van der Waals surface area contributed by atoms with E-state index in [1.807, 2.05) is 36.7 Å². The standard InChI is InChI=1S/C18H14BrN5OS2/c1-24-9-13(17(23-24)11-4-6-20-7-5-11)22-16(25)8-12-10-26-18(21-12)14-2-3-15(19)27-14/h2-7,9-10H,8H2,1H3,(H,22,25). The molecule has 4 aromatic rings. The minimum atomic E-state index is -0.123. The molecule has 0 saturated carbocycles. The van der Waals surface area contributed by atoms with Crippen molar-refractivity contribution in [3.05, 3.63) is 57.7 Å². The Bertz CT molecular complexity index is 1090. The highest BCUT2D eigenvalue weighted by molar-refractivity contribution is 9.11. The van der Waals surface area contributed by atoms with Crippen LogP contribution in [0.15, 0.2) is 52.0 Å². The van der Waals surface area contributed by atoms with Crippen LogP contribution in [-0.4, -0.2) is 25.7 Å². The Labute approximate surface area is 172 Å². The Hall–Kier alpha value is -2.36. The third kappa shape index (κ3) is 4.15. The molecule has 136 valence electrons. The molecule has 0 aliphatic heterocycles. The van der Waals surface area contributed by atoms with Crippen molar-refractivity contribution in [3.63, 3.8) is 0 Å². The van der Waals surface area contributed by atoms with Gasteiger partial charge in [-0.3, -0.25) is 14.5 Å². The molecule has 0 aromatic carbocycles. The number of anilines is 1. The topological polar surface area (TPSA) is 72.7 Å². The lowest BCUT2D eigenvalue weighted by molar-refractivity contribution is -0.115. The van der Waals surface area contributed by atoms with Gasteiger partial charge in [0.2, 0.25) is 5.91 Å². The lowest BCUT2D eigenvalue weighted by atomic mass is 10.2. The molecule has 1 amide bonds. The lowest BCUT2D eigenvalue weighted by Crippen LogP contribution is -2.14. The summed E-state index contributed by atoms with van der Waals surface area (Å²) in [6.07, 6.45) is 5.42. The second kappa shape index (κ2) is 7.71. The molecule has 4 rings (SSSR count). The molecule has 9 heteroatoms. The molecule has 0 unspecified atom stereocenters. The van der Waals surface area contributed by atoms with Crippen LogP contribution in [0.4, 0.5) is 5.69 Å². The summed E-state index contributed by atoms with van der Waals surface area (Å²) in [6, 6.07) is 7.75. The van der Waals surface area contributed by atoms with Crippen molar-refractivity contribution in [1.29, 1.82) is 0 Å². The summed E-state index contributed by atoms with van der Waals surface area (Å²) in [5.74, 6) is -0.123. The first-order valence-corrected chi connectivity index (χ1v) is 10.5. The van der Waals surface area contributed by atoms with Crippen molar-refractivity contribution < 1.29 is 4.79 Å². The van der Waals surface area contributed by atoms with Crippen molar-refractivity contribution in [2.45, 2.75) is 6.42 Å². The van der Waals surface area contributed by atoms with E-state index in [0.717, 1.165) is 30.6 Å². The van der Waals surface area contributed by atoms with Crippen molar-refractivity contribution in [2.24, 2.45) is 7.05 Å². The van der Waals surface area contributed by atoms with Crippen LogP contribution in [0.3, 0.4) is 0 Å². The van der Waals surface area contributed by atoms with Crippen LogP contribution in [-0.2, 0) is 18.3 Å². The van der Waals surface area contributed by atoms with E-state index in [2.05, 4.69) is 36.3 Å². The van der Waals surface area contributed by atoms with Crippen molar-refractivity contribution in [3.8, 4) is 21.1 Å². The molecule has 0 bridgehead atoms. The van der Waals surface area contributed by atoms with Gasteiger partial charge in [-0.15, -0.1) is 22.7 Å². The minimum absolute atomic E-state index is 0.123. The van der Waals surface area contributed by atoms with Gasteiger partial charge in [-0.1, -0.05) is 0 Å². The quantitative estimate of drug-likeness (QED) is 0.472. The van der Waals surface area contributed by atoms with Crippen LogP contribution in [0, 0.1) is 0 Å². The van der Waals surface area contributed by atoms with Gasteiger partial charge in [0.1, 0.15) is 10.7 Å². The number of carbonyl (C=O) groups excluding carboxylic acids is 1. The number of nitrogens with zero attached hydrogens (tertiary/aromatic N) is 4. The average molecular weight is 460 g/mol. The first-order chi connectivity index (χ1) is 13.1. The third-order valence-electron chi connectivity index (χ3n) is 3.73. The van der Waals surface area contributed by atoms with Crippen LogP contribution in [0.2, 0.25) is 0 Å². The second-order valence-electron chi connectivity index (χ2n) is 5.77. The molecule has 0 saturated heterocycles. The highest BCUT2D eigenvalue weighted by atomic mass is 79.9. The zero-order chi connectivity index (χ0) is 18.8. The number of halogens is 1. The van der Waals surface area contributed by atoms with E-state index >= 15 is 0 Å². The molecule has 0 atom stereocenters. The van der Waals surface area contributed by atoms with Gasteiger partial charge >= 0.3 is 0 Å². The van der Waals surface area contributed by atoms with Gasteiger partial charge in [0, 0.05) is 36.6 Å². The first kappa shape index (κ1) is 18.0. The van der Waals surface area contributed by atoms with Gasteiger partial charge in [0.25, 0.3) is 0 Å². The zero-order valence-corrected chi connectivity index (χ0v) is 17.4. The van der Waals surface area contributed by atoms with Crippen molar-refractivity contribution >= 4 is 50.2 Å². The summed E-state index contributed by atoms with van der Waals surface area (Å²) in [5.41, 5.74) is 3.05. The summed E-state index contributed by atoms with van der Waals surface area (Å²) in [5, 5.41) is 10.2. The third-order valence-corrected chi connectivity index (χ3v) is 6.42. The van der Waals surface area contributed by atoms with E-state index in [1.54, 1.807) is 45.9 Å². The van der Waals surface area contributed by atoms with E-state index in [0.29, 0.717) is 5.69 Å². The van der Waals surface area contributed by atoms with Crippen molar-refractivity contribution in [1.82, 2.24) is 19.7 Å². The molecule has 0 radical (unpaired) electrons. The van der Waals surface area contributed by atoms with Gasteiger partial charge in [0.15, 0.2) is 0 Å². The maximum atomic E-state index is 12.5. The van der Waals surface area contributed by atoms with Crippen LogP contribution in [0.5, 0.6) is 0 Å². The number of aryl methyl sites for hydroxylation is 1. The normalized spacial score (nSPS) is 10.9. The zero-order valence-electron chi connectivity index (χ0n) is 14.2. The summed E-state index contributed by atoms with van der Waals surface area (Å²) < 4.78 is 2.74. The SMILES string of the molecule is Cn1cc(NC(=O)Cc2csc(-c3ccc(Br)s3)n2)c(-c2ccncc2)n1. The number of pyridine rings is 1. The molecular weight excluding hydrogens is 446 g/mol. The summed E-state index contributed by atoms with van der Waals surface area (Å²) in [4.78, 5) is 22.2. The van der Waals surface area contributed by atoms with E-state index < -0.39 is 0 Å². The number of hydrogen-bond donors (Lipinski definition) is 1. The van der Waals surface area contributed by atoms with Crippen LogP contribution in [0.25, 0.3) is 21.1 Å². The van der Waals surface area contributed by atoms with Gasteiger partial charge < -0.3 is 5.32 Å². The summed E-state index contributed by atoms with van der Waals surface area (Å²) >= 11 is 6.63. The number of nitrogens with one attached hydrogen (secondary N) is 1. The molecule has 0 aliphatic rings. The monoisotopic (exact) mass is 459 g/mol. The molecular formula is C18H14BrN5OS2. The predicted molar refractivity (Wildman–Crippen MR) is 112 cm³/mol. The van der Waals surface area contributed by atoms with E-state index in [9.17, 15) is 4.79 Å². The highest BCUT2D eigenvalue weighted by Gasteiger charge is 2.15. The van der Waals surface area contributed by atoms with Gasteiger partial charge in [-0.2, -0.15) is 5.10 Å². The van der Waals surface area contributed by atoms with Crippen LogP contribution in [0.1, 0.15) is 5.69 Å². The largest absolute Gasteiger partial charge is 0.323 e. The number of aromatic nitrogens is 4. The number of amides is 1. The molecule has 27 heavy (non-hydrogen) atoms. The highest BCUT2D eigenvalue weighted by Crippen LogP contribution is 2.33. The Balaban J connectivity index is 1.49. The van der Waals surface area contributed by atoms with Gasteiger partial charge in [-0.25, -0.2) is 4.98 Å². The number of thiazole rings is 1. The van der Waals surface area contributed by atoms with Crippen LogP contribution >= 0.6 is 38.6 Å². The molecule has 0 aliphatic carbocycles. The number of hydrogen-bond acceptors (Lipinski definition) is 6. The molecule has 0 spiro atoms. The number of rotatable bonds is 5. The first-order valence-electron chi connectivity index (χ1n) is 8.02. The van der Waals surface area contributed by atoms with Gasteiger partial charge in [0.05, 0.1) is 26.5 Å². The number of thiophene rings is 1. The molecule has 0 fully saturated rings. The molecule has 6 nitrogen and oxygen atoms in total. The molecule has 4 aromatic heterocycles. The fourth-order valence-electron chi connectivity index (χ4n) is 2.59. The number of carbonyl (C=O) groups is 1. The average Bonchev–Trinajstić information content (AvgIpc) is 3.36. The summed E-state index contributed by atoms with van der Waals surface area (Å²) in [6.45, 7) is 0. The molecule has 1 N–H and O–H groups in total. The second-order valence-corrected chi connectivity index (χ2v) is 9.09. The molecule has 4 heterocycles. The van der Waals surface area contributed by atoms with E-state index in [4.69, 9.17) is 0 Å². The maximum Gasteiger partial charge on any atom is 0.230 e. The Morgan fingerprint density at radius 2 is 2.07 bits per heavy atom. The maximum absolute atomic E-state index is 12.5. The van der Waals surface area contributed by atoms with Crippen molar-refractivity contribution in [2.75, 3.05) is 5.32 Å².